The smallest absolute Gasteiger partial charge is 0.286 e. The van der Waals surface area contributed by atoms with E-state index in [1.54, 1.807) is 29.0 Å². The molecule has 0 radical (unpaired) electrons. The van der Waals surface area contributed by atoms with E-state index in [1.807, 2.05) is 30.3 Å². The highest BCUT2D eigenvalue weighted by molar-refractivity contribution is 5.94. The Kier molecular flexibility index (Phi) is 6.06. The Bertz CT molecular complexity index is 956. The molecule has 3 aromatic rings. The van der Waals surface area contributed by atoms with Crippen molar-refractivity contribution in [2.45, 2.75) is 19.6 Å². The second-order valence-corrected chi connectivity index (χ2v) is 6.14. The lowest BCUT2D eigenvalue weighted by molar-refractivity contribution is -0.128. The summed E-state index contributed by atoms with van der Waals surface area (Å²) in [5.74, 6) is -1.66. The van der Waals surface area contributed by atoms with Crippen molar-refractivity contribution < 1.29 is 18.7 Å². The number of carbonyl (C=O) groups excluding carboxylic acids is 2. The number of hydrazine groups is 1. The number of para-hydroxylation sites is 1. The van der Waals surface area contributed by atoms with Crippen molar-refractivity contribution >= 4 is 11.8 Å². The molecular weight excluding hydrogens is 361 g/mol. The van der Waals surface area contributed by atoms with Crippen molar-refractivity contribution in [2.24, 2.45) is 0 Å². The van der Waals surface area contributed by atoms with Crippen LogP contribution in [0.4, 0.5) is 4.39 Å². The molecule has 1 heterocycles. The molecule has 0 saturated carbocycles. The van der Waals surface area contributed by atoms with Crippen LogP contribution in [-0.4, -0.2) is 22.5 Å². The fraction of sp³-hybridized carbons (Fsp3) is 0.143. The van der Waals surface area contributed by atoms with Crippen molar-refractivity contribution in [3.63, 3.8) is 0 Å². The first-order valence-corrected chi connectivity index (χ1v) is 8.75. The van der Waals surface area contributed by atoms with Crippen LogP contribution in [0, 0.1) is 5.82 Å². The van der Waals surface area contributed by atoms with Gasteiger partial charge in [-0.25, -0.2) is 4.39 Å². The molecule has 2 N–H and O–H groups in total. The zero-order valence-electron chi connectivity index (χ0n) is 15.3. The summed E-state index contributed by atoms with van der Waals surface area (Å²) >= 11 is 0. The average molecular weight is 381 g/mol. The average Bonchev–Trinajstić information content (AvgIpc) is 3.16. The molecule has 1 atom stereocenters. The minimum Gasteiger partial charge on any atom is -0.478 e. The third kappa shape index (κ3) is 4.76. The molecule has 1 unspecified atom stereocenters. The van der Waals surface area contributed by atoms with E-state index in [0.29, 0.717) is 12.2 Å². The van der Waals surface area contributed by atoms with Crippen molar-refractivity contribution in [1.82, 2.24) is 15.4 Å². The number of rotatable bonds is 6. The number of nitrogens with one attached hydrogen (secondary N) is 2. The number of ether oxygens (including phenoxy) is 1. The standard InChI is InChI=1S/C21H20FN3O3/c1-15(28-19-12-6-5-10-17(19)22)20(26)23-24-21(27)18-11-7-13-25(18)14-16-8-3-2-4-9-16/h2-13,15H,14H2,1H3,(H,23,26)(H,24,27). The SMILES string of the molecule is CC(Oc1ccccc1F)C(=O)NNC(=O)c1cccn1Cc1ccccc1. The topological polar surface area (TPSA) is 72.4 Å². The van der Waals surface area contributed by atoms with Crippen LogP contribution in [0.25, 0.3) is 0 Å². The second kappa shape index (κ2) is 8.85. The van der Waals surface area contributed by atoms with Crippen LogP contribution in [0.1, 0.15) is 23.0 Å². The minimum atomic E-state index is -0.992. The fourth-order valence-corrected chi connectivity index (χ4v) is 2.61. The number of aromatic nitrogens is 1. The molecule has 144 valence electrons. The Labute approximate surface area is 161 Å². The fourth-order valence-electron chi connectivity index (χ4n) is 2.61. The quantitative estimate of drug-likeness (QED) is 0.645. The first-order valence-electron chi connectivity index (χ1n) is 8.75. The highest BCUT2D eigenvalue weighted by Gasteiger charge is 2.18. The van der Waals surface area contributed by atoms with Gasteiger partial charge in [-0.15, -0.1) is 0 Å². The zero-order chi connectivity index (χ0) is 19.9. The van der Waals surface area contributed by atoms with E-state index in [4.69, 9.17) is 4.74 Å². The largest absolute Gasteiger partial charge is 0.478 e. The monoisotopic (exact) mass is 381 g/mol. The van der Waals surface area contributed by atoms with E-state index in [2.05, 4.69) is 10.9 Å². The maximum atomic E-state index is 13.6. The van der Waals surface area contributed by atoms with E-state index >= 15 is 0 Å². The summed E-state index contributed by atoms with van der Waals surface area (Å²) in [6.07, 6.45) is 0.793. The molecule has 6 nitrogen and oxygen atoms in total. The van der Waals surface area contributed by atoms with Gasteiger partial charge in [-0.3, -0.25) is 20.4 Å². The van der Waals surface area contributed by atoms with Gasteiger partial charge in [0.15, 0.2) is 17.7 Å². The van der Waals surface area contributed by atoms with Gasteiger partial charge in [0.1, 0.15) is 5.69 Å². The van der Waals surface area contributed by atoms with Gasteiger partial charge in [0.05, 0.1) is 0 Å². The van der Waals surface area contributed by atoms with Gasteiger partial charge in [-0.1, -0.05) is 42.5 Å². The lowest BCUT2D eigenvalue weighted by Gasteiger charge is -2.16. The van der Waals surface area contributed by atoms with Gasteiger partial charge in [-0.05, 0) is 36.8 Å². The van der Waals surface area contributed by atoms with Crippen LogP contribution in [0.15, 0.2) is 72.9 Å². The van der Waals surface area contributed by atoms with Crippen LogP contribution in [0.2, 0.25) is 0 Å². The molecule has 0 bridgehead atoms. The lowest BCUT2D eigenvalue weighted by Crippen LogP contribution is -2.47. The number of benzene rings is 2. The summed E-state index contributed by atoms with van der Waals surface area (Å²) in [4.78, 5) is 24.5. The number of halogens is 1. The lowest BCUT2D eigenvalue weighted by atomic mass is 10.2. The summed E-state index contributed by atoms with van der Waals surface area (Å²) in [7, 11) is 0. The van der Waals surface area contributed by atoms with Gasteiger partial charge in [0.2, 0.25) is 0 Å². The number of amides is 2. The summed E-state index contributed by atoms with van der Waals surface area (Å²) < 4.78 is 20.7. The first kappa shape index (κ1) is 19.2. The minimum absolute atomic E-state index is 0.0341. The molecule has 2 amide bonds. The summed E-state index contributed by atoms with van der Waals surface area (Å²) in [5.41, 5.74) is 6.10. The highest BCUT2D eigenvalue weighted by atomic mass is 19.1. The molecule has 0 aliphatic rings. The van der Waals surface area contributed by atoms with Crippen LogP contribution >= 0.6 is 0 Å². The molecule has 0 aliphatic heterocycles. The third-order valence-electron chi connectivity index (χ3n) is 4.07. The Hall–Kier alpha value is -3.61. The van der Waals surface area contributed by atoms with Gasteiger partial charge >= 0.3 is 0 Å². The molecule has 0 aliphatic carbocycles. The van der Waals surface area contributed by atoms with E-state index in [-0.39, 0.29) is 5.75 Å². The van der Waals surface area contributed by atoms with Gasteiger partial charge in [-0.2, -0.15) is 0 Å². The van der Waals surface area contributed by atoms with Crippen LogP contribution in [0.3, 0.4) is 0 Å². The maximum Gasteiger partial charge on any atom is 0.286 e. The molecule has 1 aromatic heterocycles. The van der Waals surface area contributed by atoms with E-state index in [9.17, 15) is 14.0 Å². The van der Waals surface area contributed by atoms with Gasteiger partial charge in [0, 0.05) is 12.7 Å². The zero-order valence-corrected chi connectivity index (χ0v) is 15.3. The molecule has 28 heavy (non-hydrogen) atoms. The molecular formula is C21H20FN3O3. The van der Waals surface area contributed by atoms with Crippen LogP contribution in [-0.2, 0) is 11.3 Å². The Morgan fingerprint density at radius 1 is 1.00 bits per heavy atom. The highest BCUT2D eigenvalue weighted by Crippen LogP contribution is 2.17. The van der Waals surface area contributed by atoms with Crippen molar-refractivity contribution in [3.8, 4) is 5.75 Å². The maximum absolute atomic E-state index is 13.6. The molecule has 7 heteroatoms. The van der Waals surface area contributed by atoms with E-state index < -0.39 is 23.7 Å². The molecule has 0 saturated heterocycles. The van der Waals surface area contributed by atoms with Crippen LogP contribution < -0.4 is 15.6 Å². The number of hydrogen-bond donors (Lipinski definition) is 2. The van der Waals surface area contributed by atoms with Gasteiger partial charge in [0.25, 0.3) is 11.8 Å². The van der Waals surface area contributed by atoms with Crippen LogP contribution in [0.5, 0.6) is 5.75 Å². The predicted molar refractivity (Wildman–Crippen MR) is 102 cm³/mol. The summed E-state index contributed by atoms with van der Waals surface area (Å²) in [6, 6.07) is 18.9. The Morgan fingerprint density at radius 3 is 2.46 bits per heavy atom. The van der Waals surface area contributed by atoms with E-state index in [1.165, 1.54) is 25.1 Å². The first-order chi connectivity index (χ1) is 13.5. The Morgan fingerprint density at radius 2 is 1.71 bits per heavy atom. The predicted octanol–water partition coefficient (Wildman–Crippen LogP) is 2.90. The van der Waals surface area contributed by atoms with Gasteiger partial charge < -0.3 is 9.30 Å². The van der Waals surface area contributed by atoms with E-state index in [0.717, 1.165) is 5.56 Å². The molecule has 3 rings (SSSR count). The number of carbonyl (C=O) groups is 2. The van der Waals surface area contributed by atoms with Crippen molar-refractivity contribution in [2.75, 3.05) is 0 Å². The third-order valence-corrected chi connectivity index (χ3v) is 4.07. The normalized spacial score (nSPS) is 11.5. The molecule has 0 fully saturated rings. The molecule has 2 aromatic carbocycles. The Balaban J connectivity index is 1.56. The molecule has 0 spiro atoms. The summed E-state index contributed by atoms with van der Waals surface area (Å²) in [6.45, 7) is 1.99. The number of hydrogen-bond acceptors (Lipinski definition) is 3. The van der Waals surface area contributed by atoms with Crippen molar-refractivity contribution in [1.29, 1.82) is 0 Å². The van der Waals surface area contributed by atoms with Crippen molar-refractivity contribution in [3.05, 3.63) is 90.0 Å². The second-order valence-electron chi connectivity index (χ2n) is 6.14. The number of nitrogens with zero attached hydrogens (tertiary/aromatic N) is 1. The summed E-state index contributed by atoms with van der Waals surface area (Å²) in [5, 5.41) is 0.